The van der Waals surface area contributed by atoms with E-state index in [4.69, 9.17) is 22.7 Å². The molecule has 0 aliphatic carbocycles. The molecule has 0 bridgehead atoms. The molecule has 1 fully saturated rings. The molecule has 7 heteroatoms. The van der Waals surface area contributed by atoms with Crippen LogP contribution in [0.25, 0.3) is 0 Å². The van der Waals surface area contributed by atoms with E-state index in [0.717, 1.165) is 0 Å². The number of carbonyl (C=O) groups excluding carboxylic acids is 1. The Morgan fingerprint density at radius 2 is 2.10 bits per heavy atom. The zero-order chi connectivity index (χ0) is 14.8. The summed E-state index contributed by atoms with van der Waals surface area (Å²) >= 11 is 8.20. The number of rotatable bonds is 3. The number of hydrogen-bond acceptors (Lipinski definition) is 3. The van der Waals surface area contributed by atoms with Gasteiger partial charge in [-0.15, -0.1) is 0 Å². The highest BCUT2D eigenvalue weighted by Gasteiger charge is 2.43. The fraction of sp³-hybridized carbons (Fsp3) is 0.385. The number of anilines is 1. The Kier molecular flexibility index (Phi) is 4.72. The molecule has 0 atom stereocenters. The summed E-state index contributed by atoms with van der Waals surface area (Å²) in [6.07, 6.45) is 0.818. The van der Waals surface area contributed by atoms with Crippen molar-refractivity contribution in [2.24, 2.45) is 11.1 Å². The second-order valence-corrected chi connectivity index (χ2v) is 5.99. The van der Waals surface area contributed by atoms with Gasteiger partial charge in [0.2, 0.25) is 5.91 Å². The van der Waals surface area contributed by atoms with E-state index in [1.165, 1.54) is 12.1 Å². The van der Waals surface area contributed by atoms with Crippen molar-refractivity contribution in [2.45, 2.75) is 12.8 Å². The molecule has 20 heavy (non-hydrogen) atoms. The van der Waals surface area contributed by atoms with Crippen molar-refractivity contribution >= 4 is 44.7 Å². The number of thiocarbonyl (C=S) groups is 1. The third kappa shape index (κ3) is 2.99. The summed E-state index contributed by atoms with van der Waals surface area (Å²) in [5.41, 5.74) is 4.88. The topological polar surface area (TPSA) is 64.4 Å². The van der Waals surface area contributed by atoms with Gasteiger partial charge in [0.1, 0.15) is 11.2 Å². The van der Waals surface area contributed by atoms with Gasteiger partial charge in [0, 0.05) is 17.7 Å². The van der Waals surface area contributed by atoms with Gasteiger partial charge < -0.3 is 15.8 Å². The fourth-order valence-corrected chi connectivity index (χ4v) is 2.77. The monoisotopic (exact) mass is 360 g/mol. The second kappa shape index (κ2) is 6.15. The maximum atomic E-state index is 13.8. The van der Waals surface area contributed by atoms with Gasteiger partial charge in [-0.1, -0.05) is 28.1 Å². The van der Waals surface area contributed by atoms with Gasteiger partial charge in [0.25, 0.3) is 0 Å². The van der Waals surface area contributed by atoms with Crippen molar-refractivity contribution in [2.75, 3.05) is 18.5 Å². The van der Waals surface area contributed by atoms with Crippen LogP contribution >= 0.6 is 28.1 Å². The largest absolute Gasteiger partial charge is 0.392 e. The lowest BCUT2D eigenvalue weighted by Gasteiger charge is -2.34. The summed E-state index contributed by atoms with van der Waals surface area (Å²) < 4.78 is 19.6. The van der Waals surface area contributed by atoms with Crippen LogP contribution in [-0.2, 0) is 9.53 Å². The zero-order valence-corrected chi connectivity index (χ0v) is 13.0. The summed E-state index contributed by atoms with van der Waals surface area (Å²) in [6, 6.07) is 4.42. The van der Waals surface area contributed by atoms with Crippen molar-refractivity contribution in [1.82, 2.24) is 0 Å². The van der Waals surface area contributed by atoms with E-state index < -0.39 is 11.2 Å². The van der Waals surface area contributed by atoms with Crippen LogP contribution in [0.5, 0.6) is 0 Å². The number of halogens is 2. The molecule has 0 radical (unpaired) electrons. The van der Waals surface area contributed by atoms with Gasteiger partial charge in [-0.2, -0.15) is 0 Å². The molecule has 0 unspecified atom stereocenters. The second-order valence-electron chi connectivity index (χ2n) is 4.64. The van der Waals surface area contributed by atoms with Crippen LogP contribution in [0.4, 0.5) is 10.1 Å². The highest BCUT2D eigenvalue weighted by atomic mass is 79.9. The Balaban J connectivity index is 2.22. The molecule has 1 saturated heterocycles. The van der Waals surface area contributed by atoms with Crippen LogP contribution in [0, 0.1) is 11.2 Å². The van der Waals surface area contributed by atoms with Crippen molar-refractivity contribution < 1.29 is 13.9 Å². The van der Waals surface area contributed by atoms with Gasteiger partial charge in [-0.25, -0.2) is 4.39 Å². The van der Waals surface area contributed by atoms with Gasteiger partial charge in [0.15, 0.2) is 0 Å². The lowest BCUT2D eigenvalue weighted by molar-refractivity contribution is -0.126. The first-order chi connectivity index (χ1) is 9.45. The standard InChI is InChI=1S/C13H14BrFN2O2S/c14-8-1-2-10(9(15)7-8)17-12(18)13(11(16)20)3-5-19-6-4-13/h1-2,7H,3-6H2,(H2,16,20)(H,17,18). The van der Waals surface area contributed by atoms with Crippen molar-refractivity contribution in [3.63, 3.8) is 0 Å². The molecule has 1 heterocycles. The van der Waals surface area contributed by atoms with Crippen LogP contribution in [0.1, 0.15) is 12.8 Å². The van der Waals surface area contributed by atoms with Gasteiger partial charge >= 0.3 is 0 Å². The number of nitrogens with one attached hydrogen (secondary N) is 1. The van der Waals surface area contributed by atoms with E-state index >= 15 is 0 Å². The maximum Gasteiger partial charge on any atom is 0.237 e. The predicted octanol–water partition coefficient (Wildman–Crippen LogP) is 2.61. The lowest BCUT2D eigenvalue weighted by atomic mass is 9.79. The normalized spacial score (nSPS) is 17.5. The van der Waals surface area contributed by atoms with Crippen molar-refractivity contribution in [1.29, 1.82) is 0 Å². The first-order valence-electron chi connectivity index (χ1n) is 6.10. The van der Waals surface area contributed by atoms with Gasteiger partial charge in [-0.3, -0.25) is 4.79 Å². The summed E-state index contributed by atoms with van der Waals surface area (Å²) in [4.78, 5) is 12.6. The minimum absolute atomic E-state index is 0.111. The van der Waals surface area contributed by atoms with E-state index in [9.17, 15) is 9.18 Å². The molecule has 0 aromatic heterocycles. The van der Waals surface area contributed by atoms with E-state index in [2.05, 4.69) is 21.2 Å². The Bertz CT molecular complexity index is 547. The minimum Gasteiger partial charge on any atom is -0.392 e. The molecule has 0 spiro atoms. The third-order valence-corrected chi connectivity index (χ3v) is 4.32. The quantitative estimate of drug-likeness (QED) is 0.813. The van der Waals surface area contributed by atoms with E-state index in [1.54, 1.807) is 6.07 Å². The van der Waals surface area contributed by atoms with E-state index in [1.807, 2.05) is 0 Å². The molecular formula is C13H14BrFN2O2S. The number of carbonyl (C=O) groups is 1. The van der Waals surface area contributed by atoms with Gasteiger partial charge in [-0.05, 0) is 31.0 Å². The first-order valence-corrected chi connectivity index (χ1v) is 7.30. The molecule has 108 valence electrons. The molecule has 1 amide bonds. The maximum absolute atomic E-state index is 13.8. The number of nitrogens with two attached hydrogens (primary N) is 1. The van der Waals surface area contributed by atoms with Crippen LogP contribution in [0.3, 0.4) is 0 Å². The molecule has 2 rings (SSSR count). The summed E-state index contributed by atoms with van der Waals surface area (Å²) in [5.74, 6) is -0.896. The van der Waals surface area contributed by atoms with Crippen LogP contribution < -0.4 is 11.1 Å². The lowest BCUT2D eigenvalue weighted by Crippen LogP contribution is -2.49. The Morgan fingerprint density at radius 3 is 2.65 bits per heavy atom. The number of ether oxygens (including phenoxy) is 1. The highest BCUT2D eigenvalue weighted by molar-refractivity contribution is 9.10. The van der Waals surface area contributed by atoms with Crippen LogP contribution in [0.15, 0.2) is 22.7 Å². The molecule has 0 saturated carbocycles. The summed E-state index contributed by atoms with van der Waals surface area (Å²) in [5, 5.41) is 2.57. The molecule has 1 aromatic rings. The van der Waals surface area contributed by atoms with Crippen LogP contribution in [-0.4, -0.2) is 24.1 Å². The van der Waals surface area contributed by atoms with Crippen molar-refractivity contribution in [3.05, 3.63) is 28.5 Å². The summed E-state index contributed by atoms with van der Waals surface area (Å²) in [7, 11) is 0. The molecule has 1 aromatic carbocycles. The zero-order valence-electron chi connectivity index (χ0n) is 10.6. The summed E-state index contributed by atoms with van der Waals surface area (Å²) in [6.45, 7) is 0.821. The number of hydrogen-bond donors (Lipinski definition) is 2. The number of amides is 1. The number of benzene rings is 1. The van der Waals surface area contributed by atoms with Crippen molar-refractivity contribution in [3.8, 4) is 0 Å². The average Bonchev–Trinajstić information content (AvgIpc) is 2.42. The smallest absolute Gasteiger partial charge is 0.237 e. The minimum atomic E-state index is -0.965. The van der Waals surface area contributed by atoms with Gasteiger partial charge in [0.05, 0.1) is 10.7 Å². The highest BCUT2D eigenvalue weighted by Crippen LogP contribution is 2.33. The molecule has 4 nitrogen and oxygen atoms in total. The van der Waals surface area contributed by atoms with E-state index in [-0.39, 0.29) is 16.6 Å². The van der Waals surface area contributed by atoms with E-state index in [0.29, 0.717) is 30.5 Å². The molecule has 1 aliphatic heterocycles. The fourth-order valence-electron chi connectivity index (χ4n) is 2.14. The average molecular weight is 361 g/mol. The molecular weight excluding hydrogens is 347 g/mol. The molecule has 1 aliphatic rings. The molecule has 3 N–H and O–H groups in total. The third-order valence-electron chi connectivity index (χ3n) is 3.43. The Labute approximate surface area is 130 Å². The Hall–Kier alpha value is -1.05. The Morgan fingerprint density at radius 1 is 1.45 bits per heavy atom. The predicted molar refractivity (Wildman–Crippen MR) is 82.0 cm³/mol. The SMILES string of the molecule is NC(=S)C1(C(=O)Nc2ccc(Br)cc2F)CCOCC1. The van der Waals surface area contributed by atoms with Crippen LogP contribution in [0.2, 0.25) is 0 Å². The first kappa shape index (κ1) is 15.3.